The Morgan fingerprint density at radius 3 is 2.07 bits per heavy atom. The van der Waals surface area contributed by atoms with Gasteiger partial charge in [-0.2, -0.15) is 0 Å². The molecule has 226 valence electrons. The van der Waals surface area contributed by atoms with Crippen LogP contribution in [0.15, 0.2) is 71.6 Å². The Morgan fingerprint density at radius 1 is 0.881 bits per heavy atom. The van der Waals surface area contributed by atoms with E-state index in [2.05, 4.69) is 5.32 Å². The standard InChI is InChI=1S/C30H36FN3O7S/c1-6-26(30(36)32-7-2)33(19-21-8-14-24(39-3)15-9-21)29(35)20-34(23-12-10-22(31)11-13-23)42(37,38)25-16-17-27(40-4)28(18-25)41-5/h8-18,26H,6-7,19-20H2,1-5H3,(H,32,36)/t26-/m0/s1. The van der Waals surface area contributed by atoms with Crippen LogP contribution in [0.4, 0.5) is 10.1 Å². The number of hydrogen-bond acceptors (Lipinski definition) is 7. The molecule has 0 aliphatic rings. The lowest BCUT2D eigenvalue weighted by molar-refractivity contribution is -0.140. The van der Waals surface area contributed by atoms with Crippen LogP contribution in [0, 0.1) is 5.82 Å². The van der Waals surface area contributed by atoms with Gasteiger partial charge in [0.1, 0.15) is 24.2 Å². The third-order valence-corrected chi connectivity index (χ3v) is 8.36. The zero-order valence-corrected chi connectivity index (χ0v) is 25.1. The van der Waals surface area contributed by atoms with Crippen molar-refractivity contribution in [2.24, 2.45) is 0 Å². The monoisotopic (exact) mass is 601 g/mol. The third-order valence-electron chi connectivity index (χ3n) is 6.59. The Bertz CT molecular complexity index is 1470. The summed E-state index contributed by atoms with van der Waals surface area (Å²) in [6.07, 6.45) is 0.284. The van der Waals surface area contributed by atoms with Crippen molar-refractivity contribution in [1.29, 1.82) is 0 Å². The molecule has 0 bridgehead atoms. The molecule has 0 heterocycles. The van der Waals surface area contributed by atoms with Crippen LogP contribution in [0.25, 0.3) is 0 Å². The quantitative estimate of drug-likeness (QED) is 0.297. The highest BCUT2D eigenvalue weighted by Gasteiger charge is 2.34. The van der Waals surface area contributed by atoms with Crippen LogP contribution in [-0.2, 0) is 26.2 Å². The lowest BCUT2D eigenvalue weighted by atomic mass is 10.1. The number of anilines is 1. The molecule has 0 fully saturated rings. The van der Waals surface area contributed by atoms with Gasteiger partial charge in [0.15, 0.2) is 11.5 Å². The molecule has 0 aliphatic carbocycles. The highest BCUT2D eigenvalue weighted by atomic mass is 32.2. The summed E-state index contributed by atoms with van der Waals surface area (Å²) in [5, 5.41) is 2.75. The van der Waals surface area contributed by atoms with Gasteiger partial charge in [-0.05, 0) is 67.4 Å². The van der Waals surface area contributed by atoms with Gasteiger partial charge in [-0.1, -0.05) is 19.1 Å². The van der Waals surface area contributed by atoms with Gasteiger partial charge in [0.05, 0.1) is 31.9 Å². The summed E-state index contributed by atoms with van der Waals surface area (Å²) in [6, 6.07) is 14.9. The van der Waals surface area contributed by atoms with Crippen LogP contribution in [0.2, 0.25) is 0 Å². The second-order valence-corrected chi connectivity index (χ2v) is 11.1. The SMILES string of the molecule is CCNC(=O)[C@H](CC)N(Cc1ccc(OC)cc1)C(=O)CN(c1ccc(F)cc1)S(=O)(=O)c1ccc(OC)c(OC)c1. The molecule has 0 radical (unpaired) electrons. The maximum absolute atomic E-state index is 14.0. The van der Waals surface area contributed by atoms with E-state index in [9.17, 15) is 22.4 Å². The zero-order chi connectivity index (χ0) is 30.9. The Kier molecular flexibility index (Phi) is 11.1. The van der Waals surface area contributed by atoms with Crippen LogP contribution < -0.4 is 23.8 Å². The van der Waals surface area contributed by atoms with Crippen LogP contribution in [0.5, 0.6) is 17.2 Å². The molecule has 2 amide bonds. The number of likely N-dealkylation sites (N-methyl/N-ethyl adjacent to an activating group) is 1. The van der Waals surface area contributed by atoms with E-state index in [1.54, 1.807) is 38.1 Å². The van der Waals surface area contributed by atoms with Crippen LogP contribution in [0.1, 0.15) is 25.8 Å². The van der Waals surface area contributed by atoms with Gasteiger partial charge in [0.25, 0.3) is 10.0 Å². The van der Waals surface area contributed by atoms with E-state index in [4.69, 9.17) is 14.2 Å². The fourth-order valence-corrected chi connectivity index (χ4v) is 5.81. The Hall–Kier alpha value is -4.32. The number of carbonyl (C=O) groups excluding carboxylic acids is 2. The first-order valence-electron chi connectivity index (χ1n) is 13.3. The van der Waals surface area contributed by atoms with E-state index in [1.807, 2.05) is 0 Å². The Labute approximate surface area is 246 Å². The summed E-state index contributed by atoms with van der Waals surface area (Å²) in [7, 11) is -0.0533. The average molecular weight is 602 g/mol. The van der Waals surface area contributed by atoms with Crippen molar-refractivity contribution in [3.8, 4) is 17.2 Å². The van der Waals surface area contributed by atoms with Crippen molar-refractivity contribution in [1.82, 2.24) is 10.2 Å². The first kappa shape index (κ1) is 32.2. The van der Waals surface area contributed by atoms with Gasteiger partial charge in [0, 0.05) is 19.2 Å². The van der Waals surface area contributed by atoms with E-state index in [1.165, 1.54) is 56.6 Å². The largest absolute Gasteiger partial charge is 0.497 e. The van der Waals surface area contributed by atoms with Crippen molar-refractivity contribution in [3.63, 3.8) is 0 Å². The molecule has 10 nitrogen and oxygen atoms in total. The molecule has 0 saturated carbocycles. The minimum atomic E-state index is -4.39. The summed E-state index contributed by atoms with van der Waals surface area (Å²) in [5.74, 6) is -0.449. The highest BCUT2D eigenvalue weighted by Crippen LogP contribution is 2.32. The topological polar surface area (TPSA) is 114 Å². The first-order chi connectivity index (χ1) is 20.1. The number of nitrogens with one attached hydrogen (secondary N) is 1. The van der Waals surface area contributed by atoms with Crippen LogP contribution >= 0.6 is 0 Å². The van der Waals surface area contributed by atoms with Crippen LogP contribution in [0.3, 0.4) is 0 Å². The van der Waals surface area contributed by atoms with Gasteiger partial charge in [-0.25, -0.2) is 12.8 Å². The number of benzene rings is 3. The minimum absolute atomic E-state index is 0.0339. The lowest BCUT2D eigenvalue weighted by Gasteiger charge is -2.33. The second kappa shape index (κ2) is 14.5. The van der Waals surface area contributed by atoms with Crippen molar-refractivity contribution < 1.29 is 36.6 Å². The molecule has 0 spiro atoms. The lowest BCUT2D eigenvalue weighted by Crippen LogP contribution is -2.52. The summed E-state index contributed by atoms with van der Waals surface area (Å²) in [5.41, 5.74) is 0.776. The van der Waals surface area contributed by atoms with Gasteiger partial charge < -0.3 is 24.4 Å². The summed E-state index contributed by atoms with van der Waals surface area (Å²) < 4.78 is 58.5. The fraction of sp³-hybridized carbons (Fsp3) is 0.333. The maximum Gasteiger partial charge on any atom is 0.264 e. The molecular formula is C30H36FN3O7S. The molecular weight excluding hydrogens is 565 g/mol. The average Bonchev–Trinajstić information content (AvgIpc) is 3.00. The number of amides is 2. The smallest absolute Gasteiger partial charge is 0.264 e. The molecule has 0 saturated heterocycles. The van der Waals surface area contributed by atoms with Crippen molar-refractivity contribution in [3.05, 3.63) is 78.1 Å². The van der Waals surface area contributed by atoms with Crippen molar-refractivity contribution >= 4 is 27.5 Å². The predicted molar refractivity (Wildman–Crippen MR) is 157 cm³/mol. The molecule has 0 aromatic heterocycles. The number of hydrogen-bond donors (Lipinski definition) is 1. The number of rotatable bonds is 14. The molecule has 0 unspecified atom stereocenters. The third kappa shape index (κ3) is 7.49. The molecule has 3 aromatic carbocycles. The second-order valence-electron chi connectivity index (χ2n) is 9.19. The number of ether oxygens (including phenoxy) is 3. The van der Waals surface area contributed by atoms with Gasteiger partial charge in [0.2, 0.25) is 11.8 Å². The van der Waals surface area contributed by atoms with Crippen LogP contribution in [-0.4, -0.2) is 65.6 Å². The predicted octanol–water partition coefficient (Wildman–Crippen LogP) is 3.99. The molecule has 1 atom stereocenters. The van der Waals surface area contributed by atoms with E-state index in [-0.39, 0.29) is 35.2 Å². The summed E-state index contributed by atoms with van der Waals surface area (Å²) in [4.78, 5) is 28.2. The Balaban J connectivity index is 2.08. The van der Waals surface area contributed by atoms with E-state index >= 15 is 0 Å². The molecule has 3 rings (SSSR count). The number of carbonyl (C=O) groups is 2. The maximum atomic E-state index is 14.0. The molecule has 12 heteroatoms. The van der Waals surface area contributed by atoms with Gasteiger partial charge >= 0.3 is 0 Å². The number of halogens is 1. The fourth-order valence-electron chi connectivity index (χ4n) is 4.38. The summed E-state index contributed by atoms with van der Waals surface area (Å²) in [6.45, 7) is 3.27. The summed E-state index contributed by atoms with van der Waals surface area (Å²) >= 11 is 0. The van der Waals surface area contributed by atoms with E-state index < -0.39 is 34.3 Å². The molecule has 1 N–H and O–H groups in total. The minimum Gasteiger partial charge on any atom is -0.497 e. The number of methoxy groups -OCH3 is 3. The number of sulfonamides is 1. The normalized spacial score (nSPS) is 11.8. The van der Waals surface area contributed by atoms with E-state index in [0.29, 0.717) is 23.6 Å². The molecule has 42 heavy (non-hydrogen) atoms. The van der Waals surface area contributed by atoms with E-state index in [0.717, 1.165) is 16.4 Å². The van der Waals surface area contributed by atoms with Crippen molar-refractivity contribution in [2.45, 2.75) is 37.8 Å². The highest BCUT2D eigenvalue weighted by molar-refractivity contribution is 7.92. The number of nitrogens with zero attached hydrogens (tertiary/aromatic N) is 2. The van der Waals surface area contributed by atoms with Gasteiger partial charge in [-0.3, -0.25) is 13.9 Å². The van der Waals surface area contributed by atoms with Crippen molar-refractivity contribution in [2.75, 3.05) is 38.7 Å². The molecule has 3 aromatic rings. The van der Waals surface area contributed by atoms with Gasteiger partial charge in [-0.15, -0.1) is 0 Å². The Morgan fingerprint density at radius 2 is 1.52 bits per heavy atom. The zero-order valence-electron chi connectivity index (χ0n) is 24.3. The molecule has 0 aliphatic heterocycles. The first-order valence-corrected chi connectivity index (χ1v) is 14.7.